The molecule has 2 aromatic heterocycles. The topological polar surface area (TPSA) is 205 Å². The van der Waals surface area contributed by atoms with Crippen molar-refractivity contribution in [2.24, 2.45) is 0 Å². The van der Waals surface area contributed by atoms with E-state index in [1.807, 2.05) is 0 Å². The maximum atomic E-state index is 12.2. The van der Waals surface area contributed by atoms with Gasteiger partial charge < -0.3 is 26.2 Å². The second-order valence-corrected chi connectivity index (χ2v) is 7.22. The smallest absolute Gasteiger partial charge is 0.290 e. The molecule has 34 heavy (non-hydrogen) atoms. The van der Waals surface area contributed by atoms with Crippen LogP contribution in [0.4, 0.5) is 11.6 Å². The summed E-state index contributed by atoms with van der Waals surface area (Å²) < 4.78 is 2.63. The van der Waals surface area contributed by atoms with Crippen LogP contribution in [-0.2, 0) is 16.1 Å². The van der Waals surface area contributed by atoms with Gasteiger partial charge >= 0.3 is 0 Å². The highest BCUT2D eigenvalue weighted by molar-refractivity contribution is 7.97. The van der Waals surface area contributed by atoms with Crippen molar-refractivity contribution < 1.29 is 19.5 Å². The van der Waals surface area contributed by atoms with Gasteiger partial charge in [-0.2, -0.15) is 4.98 Å². The average Bonchev–Trinajstić information content (AvgIpc) is 2.81. The van der Waals surface area contributed by atoms with Crippen LogP contribution in [0.15, 0.2) is 35.3 Å². The highest BCUT2D eigenvalue weighted by Gasteiger charge is 2.08. The van der Waals surface area contributed by atoms with E-state index in [1.54, 1.807) is 30.5 Å². The quantitative estimate of drug-likeness (QED) is 0.139. The Morgan fingerprint density at radius 3 is 2.62 bits per heavy atom. The van der Waals surface area contributed by atoms with Crippen LogP contribution in [0.2, 0.25) is 0 Å². The molecule has 0 fully saturated rings. The summed E-state index contributed by atoms with van der Waals surface area (Å²) in [4.78, 5) is 58.5. The lowest BCUT2D eigenvalue weighted by molar-refractivity contribution is -0.123. The van der Waals surface area contributed by atoms with Crippen LogP contribution in [0.5, 0.6) is 0 Å². The van der Waals surface area contributed by atoms with E-state index in [0.29, 0.717) is 37.2 Å². The number of H-pyrrole nitrogens is 1. The summed E-state index contributed by atoms with van der Waals surface area (Å²) in [5.74, 6) is -0.274. The monoisotopic (exact) mass is 488 g/mol. The Kier molecular flexibility index (Phi) is 10.2. The number of nitrogens with two attached hydrogens (primary N) is 1. The zero-order valence-electron chi connectivity index (χ0n) is 18.2. The fourth-order valence-electron chi connectivity index (χ4n) is 2.71. The maximum absolute atomic E-state index is 12.2. The van der Waals surface area contributed by atoms with E-state index in [1.165, 1.54) is 18.1 Å². The molecule has 0 unspecified atom stereocenters. The fourth-order valence-corrected chi connectivity index (χ4v) is 3.04. The van der Waals surface area contributed by atoms with Crippen LogP contribution in [-0.4, -0.2) is 56.1 Å². The largest absolute Gasteiger partial charge is 0.483 e. The molecule has 14 heteroatoms. The van der Waals surface area contributed by atoms with E-state index >= 15 is 0 Å². The van der Waals surface area contributed by atoms with Gasteiger partial charge in [-0.1, -0.05) is 11.9 Å². The average molecular weight is 489 g/mol. The number of carbonyl (C=O) groups is 3. The van der Waals surface area contributed by atoms with Gasteiger partial charge in [0.15, 0.2) is 11.2 Å². The molecule has 180 valence electrons. The molecule has 2 heterocycles. The second kappa shape index (κ2) is 13.4. The molecule has 0 saturated heterocycles. The minimum absolute atomic E-state index is 0.0112. The third-order valence-corrected chi connectivity index (χ3v) is 4.62. The number of rotatable bonds is 9. The van der Waals surface area contributed by atoms with Crippen molar-refractivity contribution in [2.75, 3.05) is 23.9 Å². The summed E-state index contributed by atoms with van der Waals surface area (Å²) in [6.45, 7) is 0.497. The molecular formula is C20H24N8O5S. The van der Waals surface area contributed by atoms with Crippen molar-refractivity contribution >= 4 is 53.0 Å². The Labute approximate surface area is 198 Å². The van der Waals surface area contributed by atoms with Gasteiger partial charge in [-0.3, -0.25) is 24.2 Å². The van der Waals surface area contributed by atoms with Crippen LogP contribution in [0.3, 0.4) is 0 Å². The molecule has 0 radical (unpaired) electrons. The van der Waals surface area contributed by atoms with Gasteiger partial charge in [0.1, 0.15) is 0 Å². The summed E-state index contributed by atoms with van der Waals surface area (Å²) in [5, 5.41) is 12.8. The number of nitrogens with zero attached hydrogens (tertiary/aromatic N) is 3. The number of nitrogen functional groups attached to an aromatic ring is 1. The first-order valence-electron chi connectivity index (χ1n) is 9.91. The highest BCUT2D eigenvalue weighted by atomic mass is 32.2. The molecule has 1 aromatic carbocycles. The van der Waals surface area contributed by atoms with Gasteiger partial charge in [0.05, 0.1) is 18.4 Å². The number of fused-ring (bicyclic) bond motifs is 1. The number of benzene rings is 1. The summed E-state index contributed by atoms with van der Waals surface area (Å²) in [7, 11) is 0. The van der Waals surface area contributed by atoms with Gasteiger partial charge in [-0.05, 0) is 30.7 Å². The van der Waals surface area contributed by atoms with E-state index in [4.69, 9.17) is 15.6 Å². The molecular weight excluding hydrogens is 464 g/mol. The zero-order valence-corrected chi connectivity index (χ0v) is 19.0. The van der Waals surface area contributed by atoms with Crippen LogP contribution in [0, 0.1) is 0 Å². The lowest BCUT2D eigenvalue weighted by Crippen LogP contribution is -2.25. The lowest BCUT2D eigenvalue weighted by Gasteiger charge is -2.08. The Balaban J connectivity index is 0.00000129. The number of hydrogen-bond acceptors (Lipinski definition) is 10. The SMILES string of the molecule is CSNC(=O)CCCNC(=O)c1ccc(NCc2cnc3nc(N)[nH]c(=O)c3n2)cc1.O=CO. The maximum Gasteiger partial charge on any atom is 0.290 e. The summed E-state index contributed by atoms with van der Waals surface area (Å²) in [5.41, 5.74) is 7.19. The highest BCUT2D eigenvalue weighted by Crippen LogP contribution is 2.11. The third-order valence-electron chi connectivity index (χ3n) is 4.19. The first kappa shape index (κ1) is 26.1. The Morgan fingerprint density at radius 2 is 1.94 bits per heavy atom. The number of carbonyl (C=O) groups excluding carboxylic acids is 2. The van der Waals surface area contributed by atoms with Gasteiger partial charge in [0, 0.05) is 30.5 Å². The number of aromatic amines is 1. The predicted octanol–water partition coefficient (Wildman–Crippen LogP) is 0.512. The van der Waals surface area contributed by atoms with E-state index in [2.05, 4.69) is 35.3 Å². The molecule has 2 amide bonds. The Bertz CT molecular complexity index is 1190. The fraction of sp³-hybridized carbons (Fsp3) is 0.250. The lowest BCUT2D eigenvalue weighted by atomic mass is 10.2. The van der Waals surface area contributed by atoms with E-state index < -0.39 is 5.56 Å². The number of anilines is 2. The zero-order chi connectivity index (χ0) is 24.9. The summed E-state index contributed by atoms with van der Waals surface area (Å²) in [6, 6.07) is 6.93. The van der Waals surface area contributed by atoms with Crippen LogP contribution < -0.4 is 26.6 Å². The Hall–Kier alpha value is -4.20. The van der Waals surface area contributed by atoms with Crippen molar-refractivity contribution in [1.29, 1.82) is 0 Å². The van der Waals surface area contributed by atoms with Crippen LogP contribution >= 0.6 is 11.9 Å². The molecule has 7 N–H and O–H groups in total. The normalized spacial score (nSPS) is 10.0. The number of aromatic nitrogens is 4. The summed E-state index contributed by atoms with van der Waals surface area (Å²) in [6.07, 6.45) is 4.22. The minimum atomic E-state index is -0.447. The number of hydrogen-bond donors (Lipinski definition) is 6. The first-order chi connectivity index (χ1) is 16.4. The standard InChI is InChI=1S/C19H22N8O3S.CH2O2/c1-31-27-14(28)3-2-8-21-17(29)11-4-6-12(7-5-11)22-9-13-10-23-16-15(24-13)18(30)26-19(20)25-16;2-1-3/h4-7,10,22H,2-3,8-9H2,1H3,(H,21,29)(H,27,28)(H3,20,23,25,26,30);1H,(H,2,3). The third kappa shape index (κ3) is 8.05. The van der Waals surface area contributed by atoms with Crippen molar-refractivity contribution in [3.05, 3.63) is 52.1 Å². The number of nitrogens with one attached hydrogen (secondary N) is 4. The molecule has 0 bridgehead atoms. The van der Waals surface area contributed by atoms with Crippen molar-refractivity contribution in [1.82, 2.24) is 30.0 Å². The van der Waals surface area contributed by atoms with Gasteiger partial charge in [-0.15, -0.1) is 0 Å². The molecule has 3 aromatic rings. The molecule has 13 nitrogen and oxygen atoms in total. The summed E-state index contributed by atoms with van der Waals surface area (Å²) >= 11 is 1.25. The number of carboxylic acid groups (broad SMARTS) is 1. The van der Waals surface area contributed by atoms with E-state index in [-0.39, 0.29) is 35.4 Å². The minimum Gasteiger partial charge on any atom is -0.483 e. The molecule has 0 saturated carbocycles. The molecule has 3 rings (SSSR count). The van der Waals surface area contributed by atoms with Crippen molar-refractivity contribution in [2.45, 2.75) is 19.4 Å². The molecule has 0 aliphatic carbocycles. The van der Waals surface area contributed by atoms with Gasteiger partial charge in [0.25, 0.3) is 17.9 Å². The number of amides is 2. The Morgan fingerprint density at radius 1 is 1.24 bits per heavy atom. The van der Waals surface area contributed by atoms with E-state index in [0.717, 1.165) is 5.69 Å². The molecule has 0 aliphatic rings. The van der Waals surface area contributed by atoms with Crippen molar-refractivity contribution in [3.63, 3.8) is 0 Å². The van der Waals surface area contributed by atoms with Crippen LogP contribution in [0.1, 0.15) is 28.9 Å². The van der Waals surface area contributed by atoms with E-state index in [9.17, 15) is 14.4 Å². The predicted molar refractivity (Wildman–Crippen MR) is 128 cm³/mol. The second-order valence-electron chi connectivity index (χ2n) is 6.61. The van der Waals surface area contributed by atoms with Gasteiger partial charge in [0.2, 0.25) is 11.9 Å². The van der Waals surface area contributed by atoms with Crippen LogP contribution in [0.25, 0.3) is 11.2 Å². The first-order valence-corrected chi connectivity index (χ1v) is 11.1. The van der Waals surface area contributed by atoms with Crippen molar-refractivity contribution in [3.8, 4) is 0 Å². The molecule has 0 spiro atoms. The van der Waals surface area contributed by atoms with Gasteiger partial charge in [-0.25, -0.2) is 9.97 Å². The molecule has 0 atom stereocenters. The molecule has 0 aliphatic heterocycles.